The molecule has 0 fully saturated rings. The van der Waals surface area contributed by atoms with Crippen molar-refractivity contribution in [1.29, 1.82) is 0 Å². The van der Waals surface area contributed by atoms with Crippen molar-refractivity contribution in [2.24, 2.45) is 0 Å². The normalized spacial score (nSPS) is 10.6. The summed E-state index contributed by atoms with van der Waals surface area (Å²) in [4.78, 5) is 18.6. The molecule has 78 valence electrons. The maximum Gasteiger partial charge on any atom is 0.224 e. The molecular formula is C8H5Cl2N3OS. The summed E-state index contributed by atoms with van der Waals surface area (Å²) in [7, 11) is 0. The molecule has 15 heavy (non-hydrogen) atoms. The zero-order valence-electron chi connectivity index (χ0n) is 7.54. The van der Waals surface area contributed by atoms with E-state index in [1.807, 2.05) is 0 Å². The largest absolute Gasteiger partial charge is 0.318 e. The number of hydrogen-bond donors (Lipinski definition) is 1. The summed E-state index contributed by atoms with van der Waals surface area (Å²) in [6.45, 7) is 1.44. The number of nitrogens with one attached hydrogen (secondary N) is 1. The lowest BCUT2D eigenvalue weighted by molar-refractivity contribution is -0.114. The average molecular weight is 262 g/mol. The van der Waals surface area contributed by atoms with Crippen LogP contribution in [0.3, 0.4) is 0 Å². The maximum absolute atomic E-state index is 10.8. The number of carbonyl (C=O) groups excluding carboxylic acids is 1. The Morgan fingerprint density at radius 1 is 1.47 bits per heavy atom. The third-order valence-corrected chi connectivity index (χ3v) is 3.20. The number of fused-ring (bicyclic) bond motifs is 1. The van der Waals surface area contributed by atoms with Crippen LogP contribution in [0.5, 0.6) is 0 Å². The van der Waals surface area contributed by atoms with Gasteiger partial charge in [-0.15, -0.1) is 11.3 Å². The van der Waals surface area contributed by atoms with Gasteiger partial charge >= 0.3 is 0 Å². The molecule has 0 aliphatic carbocycles. The molecule has 2 heterocycles. The minimum Gasteiger partial charge on any atom is -0.318 e. The van der Waals surface area contributed by atoms with Crippen LogP contribution in [0.1, 0.15) is 6.92 Å². The average Bonchev–Trinajstić information content (AvgIpc) is 2.45. The van der Waals surface area contributed by atoms with Gasteiger partial charge in [-0.25, -0.2) is 9.97 Å². The molecule has 0 unspecified atom stereocenters. The summed E-state index contributed by atoms with van der Waals surface area (Å²) < 4.78 is 0.713. The second-order valence-electron chi connectivity index (χ2n) is 2.79. The van der Waals surface area contributed by atoms with Gasteiger partial charge in [-0.1, -0.05) is 11.6 Å². The van der Waals surface area contributed by atoms with Gasteiger partial charge in [0.2, 0.25) is 11.2 Å². The molecule has 2 rings (SSSR count). The first-order valence-electron chi connectivity index (χ1n) is 3.96. The van der Waals surface area contributed by atoms with E-state index in [1.54, 1.807) is 6.07 Å². The van der Waals surface area contributed by atoms with Crippen LogP contribution in [-0.4, -0.2) is 15.9 Å². The zero-order chi connectivity index (χ0) is 11.0. The van der Waals surface area contributed by atoms with Crippen LogP contribution < -0.4 is 5.32 Å². The van der Waals surface area contributed by atoms with Gasteiger partial charge in [-0.2, -0.15) is 0 Å². The Morgan fingerprint density at radius 2 is 2.20 bits per heavy atom. The number of aromatic nitrogens is 2. The second-order valence-corrected chi connectivity index (χ2v) is 4.54. The van der Waals surface area contributed by atoms with Gasteiger partial charge in [0.1, 0.15) is 0 Å². The summed E-state index contributed by atoms with van der Waals surface area (Å²) in [6.07, 6.45) is 0. The van der Waals surface area contributed by atoms with E-state index in [1.165, 1.54) is 18.3 Å². The van der Waals surface area contributed by atoms with Crippen molar-refractivity contribution in [2.75, 3.05) is 5.32 Å². The quantitative estimate of drug-likeness (QED) is 0.635. The maximum atomic E-state index is 10.8. The topological polar surface area (TPSA) is 54.9 Å². The van der Waals surface area contributed by atoms with Crippen LogP contribution in [0.4, 0.5) is 5.00 Å². The molecule has 1 amide bonds. The molecule has 0 spiro atoms. The lowest BCUT2D eigenvalue weighted by Crippen LogP contribution is -2.03. The van der Waals surface area contributed by atoms with Gasteiger partial charge in [0.15, 0.2) is 5.15 Å². The number of amides is 1. The number of rotatable bonds is 1. The molecule has 2 aromatic heterocycles. The summed E-state index contributed by atoms with van der Waals surface area (Å²) in [5, 5.41) is 3.72. The molecule has 0 aromatic carbocycles. The molecule has 0 aliphatic rings. The van der Waals surface area contributed by atoms with E-state index >= 15 is 0 Å². The van der Waals surface area contributed by atoms with E-state index in [2.05, 4.69) is 15.3 Å². The summed E-state index contributed by atoms with van der Waals surface area (Å²) in [6, 6.07) is 1.71. The Bertz CT molecular complexity index is 540. The van der Waals surface area contributed by atoms with E-state index in [-0.39, 0.29) is 11.2 Å². The summed E-state index contributed by atoms with van der Waals surface area (Å²) in [5.41, 5.74) is 0.633. The number of halogens is 2. The first-order chi connectivity index (χ1) is 7.06. The molecular weight excluding hydrogens is 257 g/mol. The molecule has 0 saturated heterocycles. The van der Waals surface area contributed by atoms with Gasteiger partial charge in [-0.05, 0) is 17.7 Å². The highest BCUT2D eigenvalue weighted by Gasteiger charge is 2.09. The van der Waals surface area contributed by atoms with Crippen LogP contribution in [0, 0.1) is 0 Å². The van der Waals surface area contributed by atoms with E-state index in [9.17, 15) is 4.79 Å². The Morgan fingerprint density at radius 3 is 2.87 bits per heavy atom. The number of carbonyl (C=O) groups is 1. The zero-order valence-corrected chi connectivity index (χ0v) is 9.87. The minimum absolute atomic E-state index is 0.0969. The SMILES string of the molecule is CC(=O)Nc1cc2nc(Cl)nc(Cl)c2s1. The van der Waals surface area contributed by atoms with Crippen LogP contribution in [0.2, 0.25) is 10.4 Å². The number of thiophene rings is 1. The molecule has 0 aliphatic heterocycles. The second kappa shape index (κ2) is 3.92. The van der Waals surface area contributed by atoms with E-state index in [0.29, 0.717) is 20.4 Å². The molecule has 7 heteroatoms. The lowest BCUT2D eigenvalue weighted by atomic mass is 10.4. The predicted molar refractivity (Wildman–Crippen MR) is 61.7 cm³/mol. The minimum atomic E-state index is -0.142. The highest BCUT2D eigenvalue weighted by Crippen LogP contribution is 2.33. The predicted octanol–water partition coefficient (Wildman–Crippen LogP) is 2.96. The molecule has 0 bridgehead atoms. The summed E-state index contributed by atoms with van der Waals surface area (Å²) >= 11 is 12.8. The number of anilines is 1. The van der Waals surface area contributed by atoms with E-state index in [0.717, 1.165) is 0 Å². The van der Waals surface area contributed by atoms with Crippen molar-refractivity contribution < 1.29 is 4.79 Å². The smallest absolute Gasteiger partial charge is 0.224 e. The van der Waals surface area contributed by atoms with Gasteiger partial charge < -0.3 is 5.32 Å². The third kappa shape index (κ3) is 2.19. The first kappa shape index (κ1) is 10.6. The van der Waals surface area contributed by atoms with E-state index < -0.39 is 0 Å². The highest BCUT2D eigenvalue weighted by atomic mass is 35.5. The van der Waals surface area contributed by atoms with Gasteiger partial charge in [-0.3, -0.25) is 4.79 Å². The van der Waals surface area contributed by atoms with Crippen LogP contribution in [0.25, 0.3) is 10.2 Å². The van der Waals surface area contributed by atoms with Crippen molar-refractivity contribution in [3.8, 4) is 0 Å². The van der Waals surface area contributed by atoms with Crippen LogP contribution in [0.15, 0.2) is 6.07 Å². The van der Waals surface area contributed by atoms with Crippen molar-refractivity contribution in [3.05, 3.63) is 16.5 Å². The Hall–Kier alpha value is -0.910. The molecule has 1 N–H and O–H groups in total. The van der Waals surface area contributed by atoms with Crippen LogP contribution in [-0.2, 0) is 4.79 Å². The third-order valence-electron chi connectivity index (χ3n) is 1.60. The fourth-order valence-electron chi connectivity index (χ4n) is 1.10. The van der Waals surface area contributed by atoms with Crippen molar-refractivity contribution in [1.82, 2.24) is 9.97 Å². The van der Waals surface area contributed by atoms with E-state index in [4.69, 9.17) is 23.2 Å². The molecule has 2 aromatic rings. The standard InChI is InChI=1S/C8H5Cl2N3OS/c1-3(14)11-5-2-4-6(15-5)7(9)13-8(10)12-4/h2H,1H3,(H,11,14). The van der Waals surface area contributed by atoms with Gasteiger partial charge in [0.25, 0.3) is 0 Å². The van der Waals surface area contributed by atoms with Gasteiger partial charge in [0.05, 0.1) is 15.2 Å². The summed E-state index contributed by atoms with van der Waals surface area (Å²) in [5.74, 6) is -0.142. The first-order valence-corrected chi connectivity index (χ1v) is 5.53. The number of hydrogen-bond acceptors (Lipinski definition) is 4. The fraction of sp³-hybridized carbons (Fsp3) is 0.125. The monoisotopic (exact) mass is 261 g/mol. The molecule has 0 atom stereocenters. The van der Waals surface area contributed by atoms with Crippen molar-refractivity contribution >= 4 is 55.7 Å². The molecule has 4 nitrogen and oxygen atoms in total. The van der Waals surface area contributed by atoms with Crippen LogP contribution >= 0.6 is 34.5 Å². The van der Waals surface area contributed by atoms with Crippen molar-refractivity contribution in [2.45, 2.75) is 6.92 Å². The Labute approximate surface area is 99.2 Å². The fourth-order valence-corrected chi connectivity index (χ4v) is 2.54. The lowest BCUT2D eigenvalue weighted by Gasteiger charge is -1.93. The highest BCUT2D eigenvalue weighted by molar-refractivity contribution is 7.23. The van der Waals surface area contributed by atoms with Crippen molar-refractivity contribution in [3.63, 3.8) is 0 Å². The Balaban J connectivity index is 2.55. The molecule has 0 saturated carbocycles. The Kier molecular flexibility index (Phi) is 2.77. The van der Waals surface area contributed by atoms with Gasteiger partial charge in [0, 0.05) is 6.92 Å². The molecule has 0 radical (unpaired) electrons. The number of nitrogens with zero attached hydrogens (tertiary/aromatic N) is 2.